The fourth-order valence-electron chi connectivity index (χ4n) is 2.39. The van der Waals surface area contributed by atoms with Gasteiger partial charge in [-0.15, -0.1) is 0 Å². The SMILES string of the molecule is CNC(=O)c1ccc(C[NH+](C)[C@H](C)C(=O)Nc2ccccc2)cc1. The van der Waals surface area contributed by atoms with Crippen molar-refractivity contribution in [1.29, 1.82) is 0 Å². The number of rotatable bonds is 6. The third kappa shape index (κ3) is 4.67. The lowest BCUT2D eigenvalue weighted by atomic mass is 10.1. The van der Waals surface area contributed by atoms with Gasteiger partial charge in [0.1, 0.15) is 6.54 Å². The largest absolute Gasteiger partial charge is 0.355 e. The molecular weight excluding hydrogens is 302 g/mol. The molecule has 0 radical (unpaired) electrons. The van der Waals surface area contributed by atoms with E-state index in [-0.39, 0.29) is 17.9 Å². The number of nitrogens with one attached hydrogen (secondary N) is 3. The Morgan fingerprint density at radius 1 is 1.04 bits per heavy atom. The molecule has 1 unspecified atom stereocenters. The fourth-order valence-corrected chi connectivity index (χ4v) is 2.39. The minimum absolute atomic E-state index is 0.0133. The average molecular weight is 326 g/mol. The van der Waals surface area contributed by atoms with Gasteiger partial charge in [-0.2, -0.15) is 0 Å². The molecule has 0 fully saturated rings. The zero-order valence-corrected chi connectivity index (χ0v) is 14.3. The second-order valence-corrected chi connectivity index (χ2v) is 5.88. The van der Waals surface area contributed by atoms with Crippen LogP contribution in [0.15, 0.2) is 54.6 Å². The number of likely N-dealkylation sites (N-methyl/N-ethyl adjacent to an activating group) is 1. The van der Waals surface area contributed by atoms with Gasteiger partial charge < -0.3 is 15.5 Å². The number of carbonyl (C=O) groups is 2. The van der Waals surface area contributed by atoms with Crippen molar-refractivity contribution in [3.63, 3.8) is 0 Å². The van der Waals surface area contributed by atoms with Crippen molar-refractivity contribution in [2.75, 3.05) is 19.4 Å². The van der Waals surface area contributed by atoms with Gasteiger partial charge in [-0.3, -0.25) is 9.59 Å². The smallest absolute Gasteiger partial charge is 0.282 e. The van der Waals surface area contributed by atoms with Crippen molar-refractivity contribution in [1.82, 2.24) is 5.32 Å². The molecule has 2 aromatic carbocycles. The van der Waals surface area contributed by atoms with E-state index in [1.165, 1.54) is 0 Å². The van der Waals surface area contributed by atoms with E-state index in [2.05, 4.69) is 10.6 Å². The highest BCUT2D eigenvalue weighted by Crippen LogP contribution is 2.06. The Morgan fingerprint density at radius 2 is 1.67 bits per heavy atom. The molecule has 0 heterocycles. The van der Waals surface area contributed by atoms with E-state index in [0.29, 0.717) is 12.1 Å². The highest BCUT2D eigenvalue weighted by Gasteiger charge is 2.22. The molecule has 2 aromatic rings. The molecule has 0 aliphatic rings. The van der Waals surface area contributed by atoms with Crippen molar-refractivity contribution < 1.29 is 14.5 Å². The number of hydrogen-bond acceptors (Lipinski definition) is 2. The summed E-state index contributed by atoms with van der Waals surface area (Å²) in [5, 5.41) is 5.53. The lowest BCUT2D eigenvalue weighted by Crippen LogP contribution is -3.12. The predicted octanol–water partition coefficient (Wildman–Crippen LogP) is 1.09. The maximum atomic E-state index is 12.3. The minimum atomic E-state index is -0.191. The summed E-state index contributed by atoms with van der Waals surface area (Å²) < 4.78 is 0. The minimum Gasteiger partial charge on any atom is -0.355 e. The zero-order valence-electron chi connectivity index (χ0n) is 14.3. The van der Waals surface area contributed by atoms with E-state index >= 15 is 0 Å². The first kappa shape index (κ1) is 17.7. The van der Waals surface area contributed by atoms with Gasteiger partial charge in [0.05, 0.1) is 7.05 Å². The molecule has 5 nitrogen and oxygen atoms in total. The number of quaternary nitrogens is 1. The van der Waals surface area contributed by atoms with Crippen LogP contribution in [0.2, 0.25) is 0 Å². The lowest BCUT2D eigenvalue weighted by Gasteiger charge is -2.21. The van der Waals surface area contributed by atoms with E-state index in [1.807, 2.05) is 56.4 Å². The summed E-state index contributed by atoms with van der Waals surface area (Å²) in [5.41, 5.74) is 2.52. The topological polar surface area (TPSA) is 62.6 Å². The van der Waals surface area contributed by atoms with Crippen molar-refractivity contribution in [2.24, 2.45) is 0 Å². The molecule has 5 heteroatoms. The molecule has 0 saturated carbocycles. The molecule has 0 spiro atoms. The van der Waals surface area contributed by atoms with Gasteiger partial charge in [-0.25, -0.2) is 0 Å². The van der Waals surface area contributed by atoms with Crippen molar-refractivity contribution in [3.8, 4) is 0 Å². The van der Waals surface area contributed by atoms with E-state index in [0.717, 1.165) is 16.2 Å². The van der Waals surface area contributed by atoms with Crippen LogP contribution in [0, 0.1) is 0 Å². The molecule has 0 bridgehead atoms. The van der Waals surface area contributed by atoms with Crippen LogP contribution in [-0.4, -0.2) is 32.0 Å². The Bertz CT molecular complexity index is 684. The predicted molar refractivity (Wildman–Crippen MR) is 95.0 cm³/mol. The monoisotopic (exact) mass is 326 g/mol. The van der Waals surface area contributed by atoms with Crippen LogP contribution >= 0.6 is 0 Å². The van der Waals surface area contributed by atoms with Crippen LogP contribution in [0.5, 0.6) is 0 Å². The third-order valence-corrected chi connectivity index (χ3v) is 4.10. The fraction of sp³-hybridized carbons (Fsp3) is 0.263. The van der Waals surface area contributed by atoms with Crippen LogP contribution in [0.3, 0.4) is 0 Å². The maximum absolute atomic E-state index is 12.3. The van der Waals surface area contributed by atoms with Crippen LogP contribution in [0.1, 0.15) is 22.8 Å². The number of anilines is 1. The van der Waals surface area contributed by atoms with Gasteiger partial charge in [0.2, 0.25) is 0 Å². The number of amides is 2. The first-order chi connectivity index (χ1) is 11.5. The van der Waals surface area contributed by atoms with Crippen molar-refractivity contribution in [3.05, 3.63) is 65.7 Å². The Balaban J connectivity index is 1.94. The molecule has 0 aliphatic carbocycles. The summed E-state index contributed by atoms with van der Waals surface area (Å²) in [5.74, 6) is -0.112. The second-order valence-electron chi connectivity index (χ2n) is 5.88. The van der Waals surface area contributed by atoms with Gasteiger partial charge in [0.15, 0.2) is 6.04 Å². The van der Waals surface area contributed by atoms with Gasteiger partial charge in [-0.05, 0) is 31.2 Å². The summed E-state index contributed by atoms with van der Waals surface area (Å²) in [4.78, 5) is 25.0. The molecule has 2 rings (SSSR count). The van der Waals surface area contributed by atoms with Gasteiger partial charge in [0, 0.05) is 23.9 Å². The number of benzene rings is 2. The number of carbonyl (C=O) groups excluding carboxylic acids is 2. The summed E-state index contributed by atoms with van der Waals surface area (Å²) >= 11 is 0. The molecule has 0 aromatic heterocycles. The Hall–Kier alpha value is -2.66. The first-order valence-corrected chi connectivity index (χ1v) is 8.00. The van der Waals surface area contributed by atoms with E-state index in [4.69, 9.17) is 0 Å². The van der Waals surface area contributed by atoms with Crippen LogP contribution in [0.25, 0.3) is 0 Å². The van der Waals surface area contributed by atoms with Gasteiger partial charge >= 0.3 is 0 Å². The quantitative estimate of drug-likeness (QED) is 0.744. The summed E-state index contributed by atoms with van der Waals surface area (Å²) in [6, 6.07) is 16.7. The average Bonchev–Trinajstić information content (AvgIpc) is 2.61. The highest BCUT2D eigenvalue weighted by atomic mass is 16.2. The second kappa shape index (κ2) is 8.26. The summed E-state index contributed by atoms with van der Waals surface area (Å²) in [6.45, 7) is 2.61. The zero-order chi connectivity index (χ0) is 17.5. The summed E-state index contributed by atoms with van der Waals surface area (Å²) in [6.07, 6.45) is 0. The third-order valence-electron chi connectivity index (χ3n) is 4.10. The van der Waals surface area contributed by atoms with Crippen molar-refractivity contribution in [2.45, 2.75) is 19.5 Å². The van der Waals surface area contributed by atoms with Gasteiger partial charge in [0.25, 0.3) is 11.8 Å². The maximum Gasteiger partial charge on any atom is 0.282 e. The van der Waals surface area contributed by atoms with E-state index in [9.17, 15) is 9.59 Å². The van der Waals surface area contributed by atoms with E-state index in [1.54, 1.807) is 19.2 Å². The standard InChI is InChI=1S/C19H23N3O2/c1-14(18(23)21-17-7-5-4-6-8-17)22(3)13-15-9-11-16(12-10-15)19(24)20-2/h4-12,14H,13H2,1-3H3,(H,20,24)(H,21,23)/p+1/t14-/m1/s1. The van der Waals surface area contributed by atoms with Crippen LogP contribution < -0.4 is 15.5 Å². The molecule has 2 amide bonds. The van der Waals surface area contributed by atoms with Crippen LogP contribution in [-0.2, 0) is 11.3 Å². The molecule has 0 saturated heterocycles. The Labute approximate surface area is 142 Å². The Kier molecular flexibility index (Phi) is 6.09. The van der Waals surface area contributed by atoms with Gasteiger partial charge in [-0.1, -0.05) is 30.3 Å². The number of para-hydroxylation sites is 1. The Morgan fingerprint density at radius 3 is 2.25 bits per heavy atom. The normalized spacial score (nSPS) is 13.0. The first-order valence-electron chi connectivity index (χ1n) is 8.00. The number of hydrogen-bond donors (Lipinski definition) is 3. The molecule has 126 valence electrons. The van der Waals surface area contributed by atoms with Crippen molar-refractivity contribution >= 4 is 17.5 Å². The molecule has 3 N–H and O–H groups in total. The molecular formula is C19H24N3O2+. The highest BCUT2D eigenvalue weighted by molar-refractivity contribution is 5.94. The lowest BCUT2D eigenvalue weighted by molar-refractivity contribution is -0.907. The summed E-state index contributed by atoms with van der Waals surface area (Å²) in [7, 11) is 3.60. The van der Waals surface area contributed by atoms with Crippen LogP contribution in [0.4, 0.5) is 5.69 Å². The molecule has 2 atom stereocenters. The van der Waals surface area contributed by atoms with E-state index < -0.39 is 0 Å². The molecule has 0 aliphatic heterocycles. The molecule has 24 heavy (non-hydrogen) atoms.